The number of nitrogens with two attached hydrogens (primary N) is 1. The zero-order valence-electron chi connectivity index (χ0n) is 20.5. The summed E-state index contributed by atoms with van der Waals surface area (Å²) in [6, 6.07) is 14.0. The van der Waals surface area contributed by atoms with Crippen LogP contribution in [0.15, 0.2) is 76.6 Å². The molecule has 37 heavy (non-hydrogen) atoms. The molecule has 2 aromatic carbocycles. The topological polar surface area (TPSA) is 107 Å². The van der Waals surface area contributed by atoms with Crippen LogP contribution in [0.3, 0.4) is 0 Å². The quantitative estimate of drug-likeness (QED) is 0.314. The summed E-state index contributed by atoms with van der Waals surface area (Å²) in [7, 11) is 0. The van der Waals surface area contributed by atoms with Crippen LogP contribution in [0.1, 0.15) is 31.1 Å². The average Bonchev–Trinajstić information content (AvgIpc) is 3.46. The highest BCUT2D eigenvalue weighted by atomic mass is 79.9. The molecule has 2 aliphatic heterocycles. The smallest absolute Gasteiger partial charge is 0.241 e. The summed E-state index contributed by atoms with van der Waals surface area (Å²) in [5.41, 5.74) is 5.76. The van der Waals surface area contributed by atoms with Crippen molar-refractivity contribution < 1.29 is 23.9 Å². The number of hydrogen-bond acceptors (Lipinski definition) is 7. The Morgan fingerprint density at radius 2 is 1.73 bits per heavy atom. The van der Waals surface area contributed by atoms with Gasteiger partial charge in [-0.15, -0.1) is 24.9 Å². The summed E-state index contributed by atoms with van der Waals surface area (Å²) in [5, 5.41) is 0. The first-order valence-electron chi connectivity index (χ1n) is 11.8. The number of ether oxygens (including phenoxy) is 1. The van der Waals surface area contributed by atoms with Gasteiger partial charge in [-0.25, -0.2) is 4.90 Å². The minimum atomic E-state index is -2.04. The molecule has 2 aromatic rings. The zero-order valence-corrected chi connectivity index (χ0v) is 22.9. The van der Waals surface area contributed by atoms with E-state index in [0.29, 0.717) is 28.5 Å². The number of rotatable bonds is 5. The maximum Gasteiger partial charge on any atom is 0.241 e. The van der Waals surface area contributed by atoms with E-state index in [9.17, 15) is 19.2 Å². The maximum absolute atomic E-state index is 13.9. The Balaban J connectivity index is 0.00000156. The number of thioether (sulfide) groups is 1. The van der Waals surface area contributed by atoms with Gasteiger partial charge in [0.15, 0.2) is 0 Å². The van der Waals surface area contributed by atoms with Gasteiger partial charge in [0.25, 0.3) is 0 Å². The second kappa shape index (κ2) is 10.5. The summed E-state index contributed by atoms with van der Waals surface area (Å²) >= 11 is 4.69. The lowest BCUT2D eigenvalue weighted by atomic mass is 9.77. The zero-order chi connectivity index (χ0) is 27.1. The van der Waals surface area contributed by atoms with E-state index in [4.69, 9.17) is 10.5 Å². The number of anilines is 1. The van der Waals surface area contributed by atoms with E-state index in [-0.39, 0.29) is 5.57 Å². The van der Waals surface area contributed by atoms with Crippen molar-refractivity contribution in [1.82, 2.24) is 0 Å². The largest absolute Gasteiger partial charge is 0.349 e. The lowest BCUT2D eigenvalue weighted by Gasteiger charge is -2.28. The Labute approximate surface area is 228 Å². The normalized spacial score (nSPS) is 26.7. The van der Waals surface area contributed by atoms with Crippen LogP contribution in [0, 0.1) is 11.8 Å². The van der Waals surface area contributed by atoms with Crippen molar-refractivity contribution in [1.29, 1.82) is 0 Å². The van der Waals surface area contributed by atoms with Crippen LogP contribution in [-0.4, -0.2) is 34.7 Å². The van der Waals surface area contributed by atoms with Crippen LogP contribution in [0.5, 0.6) is 0 Å². The van der Waals surface area contributed by atoms with Crippen molar-refractivity contribution in [2.24, 2.45) is 17.6 Å². The molecule has 2 saturated heterocycles. The van der Waals surface area contributed by atoms with Crippen molar-refractivity contribution in [3.05, 3.63) is 87.8 Å². The monoisotopic (exact) mass is 582 g/mol. The molecular formula is C28H27BrN2O5S. The first-order valence-corrected chi connectivity index (χ1v) is 13.6. The second-order valence-electron chi connectivity index (χ2n) is 8.76. The molecule has 0 radical (unpaired) electrons. The number of benzene rings is 2. The second-order valence-corrected chi connectivity index (χ2v) is 11.0. The van der Waals surface area contributed by atoms with Crippen molar-refractivity contribution in [3.8, 4) is 0 Å². The van der Waals surface area contributed by atoms with Gasteiger partial charge in [0, 0.05) is 16.6 Å². The number of nitrogens with zero attached hydrogens (tertiary/aromatic N) is 1. The Morgan fingerprint density at radius 3 is 2.32 bits per heavy atom. The molecule has 9 heteroatoms. The number of carbonyl (C=O) groups excluding carboxylic acids is 4. The van der Waals surface area contributed by atoms with Crippen LogP contribution >= 0.6 is 27.7 Å². The Kier molecular flexibility index (Phi) is 7.71. The fourth-order valence-corrected chi connectivity index (χ4v) is 6.59. The number of carbonyl (C=O) groups is 4. The third kappa shape index (κ3) is 4.05. The third-order valence-corrected chi connectivity index (χ3v) is 8.45. The molecule has 2 heterocycles. The molecule has 1 aliphatic carbocycles. The molecule has 5 rings (SSSR count). The fraction of sp³-hybridized carbons (Fsp3) is 0.286. The highest BCUT2D eigenvalue weighted by Crippen LogP contribution is 2.58. The molecule has 2 amide bonds. The summed E-state index contributed by atoms with van der Waals surface area (Å²) in [4.78, 5) is 56.5. The minimum Gasteiger partial charge on any atom is -0.349 e. The number of fused-ring (bicyclic) bond motifs is 2. The van der Waals surface area contributed by atoms with Gasteiger partial charge in [-0.3, -0.25) is 19.2 Å². The molecule has 7 nitrogen and oxygen atoms in total. The first-order chi connectivity index (χ1) is 17.8. The van der Waals surface area contributed by atoms with Crippen LogP contribution < -0.4 is 10.6 Å². The van der Waals surface area contributed by atoms with Gasteiger partial charge >= 0.3 is 0 Å². The number of hydrogen-bond donors (Lipinski definition) is 1. The average molecular weight is 584 g/mol. The molecule has 1 spiro atoms. The predicted octanol–water partition coefficient (Wildman–Crippen LogP) is 4.50. The molecule has 0 aromatic heterocycles. The van der Waals surface area contributed by atoms with Gasteiger partial charge < -0.3 is 10.5 Å². The predicted molar refractivity (Wildman–Crippen MR) is 147 cm³/mol. The number of Topliss-reactive ketones (excluding diaryl/α,β-unsaturated/α-hetero) is 2. The molecule has 2 fully saturated rings. The summed E-state index contributed by atoms with van der Waals surface area (Å²) in [5.74, 6) is -3.84. The molecule has 4 unspecified atom stereocenters. The SMILES string of the molecule is C=C.CCSC1=C(C)C(=O)C2(OC(c3cccc(Br)c3)C3C(=O)N(c4ccc(CN)cc4)C(=O)C32)C1=O. The first kappa shape index (κ1) is 27.2. The van der Waals surface area contributed by atoms with Crippen molar-refractivity contribution in [2.45, 2.75) is 32.1 Å². The lowest BCUT2D eigenvalue weighted by Crippen LogP contribution is -2.52. The lowest BCUT2D eigenvalue weighted by molar-refractivity contribution is -0.156. The minimum absolute atomic E-state index is 0.279. The fourth-order valence-electron chi connectivity index (χ4n) is 5.30. The van der Waals surface area contributed by atoms with Gasteiger partial charge in [0.2, 0.25) is 29.0 Å². The van der Waals surface area contributed by atoms with Gasteiger partial charge in [0.1, 0.15) is 0 Å². The molecular weight excluding hydrogens is 556 g/mol. The standard InChI is InChI=1S/C26H23BrN2O5S.C2H4/c1-3-35-21-13(2)22(30)26(23(21)31)19-18(20(34-26)15-5-4-6-16(27)11-15)24(32)29(25(19)33)17-9-7-14(12-28)8-10-17;1-2/h4-11,18-20H,3,12,28H2,1-2H3;1-2H2. The molecule has 2 N–H and O–H groups in total. The van der Waals surface area contributed by atoms with Gasteiger partial charge in [-0.1, -0.05) is 47.1 Å². The number of amides is 2. The Bertz CT molecular complexity index is 1320. The van der Waals surface area contributed by atoms with E-state index in [1.165, 1.54) is 11.8 Å². The number of imide groups is 1. The molecule has 4 atom stereocenters. The van der Waals surface area contributed by atoms with E-state index in [1.54, 1.807) is 49.4 Å². The van der Waals surface area contributed by atoms with E-state index < -0.39 is 46.9 Å². The van der Waals surface area contributed by atoms with Crippen molar-refractivity contribution in [3.63, 3.8) is 0 Å². The molecule has 0 saturated carbocycles. The molecule has 3 aliphatic rings. The van der Waals surface area contributed by atoms with Crippen molar-refractivity contribution >= 4 is 56.8 Å². The third-order valence-electron chi connectivity index (χ3n) is 6.89. The van der Waals surface area contributed by atoms with E-state index >= 15 is 0 Å². The van der Waals surface area contributed by atoms with Gasteiger partial charge in [-0.05, 0) is 48.1 Å². The Morgan fingerprint density at radius 1 is 1.05 bits per heavy atom. The highest BCUT2D eigenvalue weighted by molar-refractivity contribution is 9.10. The maximum atomic E-state index is 13.9. The molecule has 192 valence electrons. The van der Waals surface area contributed by atoms with Gasteiger partial charge in [0.05, 0.1) is 28.5 Å². The highest BCUT2D eigenvalue weighted by Gasteiger charge is 2.74. The van der Waals surface area contributed by atoms with Gasteiger partial charge in [-0.2, -0.15) is 0 Å². The van der Waals surface area contributed by atoms with E-state index in [0.717, 1.165) is 14.9 Å². The van der Waals surface area contributed by atoms with Crippen LogP contribution in [0.4, 0.5) is 5.69 Å². The van der Waals surface area contributed by atoms with Crippen LogP contribution in [-0.2, 0) is 30.5 Å². The number of ketones is 2. The number of halogens is 1. The summed E-state index contributed by atoms with van der Waals surface area (Å²) in [6.45, 7) is 9.79. The Hall–Kier alpha value is -2.85. The van der Waals surface area contributed by atoms with E-state index in [2.05, 4.69) is 29.1 Å². The van der Waals surface area contributed by atoms with E-state index in [1.807, 2.05) is 13.0 Å². The molecule has 0 bridgehead atoms. The van der Waals surface area contributed by atoms with Crippen LogP contribution in [0.2, 0.25) is 0 Å². The van der Waals surface area contributed by atoms with Crippen molar-refractivity contribution in [2.75, 3.05) is 10.7 Å². The van der Waals surface area contributed by atoms with Crippen LogP contribution in [0.25, 0.3) is 0 Å². The summed E-state index contributed by atoms with van der Waals surface area (Å²) < 4.78 is 7.04. The summed E-state index contributed by atoms with van der Waals surface area (Å²) in [6.07, 6.45) is -0.936.